The smallest absolute Gasteiger partial charge is 0.0947 e. The third-order valence-electron chi connectivity index (χ3n) is 1.62. The van der Waals surface area contributed by atoms with Gasteiger partial charge in [0, 0.05) is 16.2 Å². The molecule has 15 heavy (non-hydrogen) atoms. The first-order chi connectivity index (χ1) is 7.15. The zero-order valence-corrected chi connectivity index (χ0v) is 11.2. The Kier molecular flexibility index (Phi) is 12.4. The Balaban J connectivity index is 0. The first-order valence-corrected chi connectivity index (χ1v) is 6.34. The van der Waals surface area contributed by atoms with Crippen LogP contribution < -0.4 is 5.73 Å². The lowest BCUT2D eigenvalue weighted by atomic mass is 10.2. The van der Waals surface area contributed by atoms with Crippen molar-refractivity contribution >= 4 is 11.8 Å². The van der Waals surface area contributed by atoms with E-state index in [1.807, 2.05) is 27.7 Å². The van der Waals surface area contributed by atoms with Crippen LogP contribution in [0.25, 0.3) is 0 Å². The fourth-order valence-corrected chi connectivity index (χ4v) is 1.46. The van der Waals surface area contributed by atoms with Crippen molar-refractivity contribution in [2.24, 2.45) is 5.73 Å². The van der Waals surface area contributed by atoms with Gasteiger partial charge in [0.1, 0.15) is 0 Å². The average molecular weight is 226 g/mol. The highest BCUT2D eigenvalue weighted by Crippen LogP contribution is 2.17. The monoisotopic (exact) mass is 226 g/mol. The highest BCUT2D eigenvalue weighted by molar-refractivity contribution is 8.03. The molecule has 0 fully saturated rings. The lowest BCUT2D eigenvalue weighted by Gasteiger charge is -2.01. The zero-order valence-electron chi connectivity index (χ0n) is 10.4. The molecule has 0 amide bonds. The van der Waals surface area contributed by atoms with Crippen LogP contribution >= 0.6 is 11.8 Å². The van der Waals surface area contributed by atoms with Crippen LogP contribution in [-0.2, 0) is 0 Å². The number of hydrogen-bond acceptors (Lipinski definition) is 3. The summed E-state index contributed by atoms with van der Waals surface area (Å²) in [7, 11) is 0. The van der Waals surface area contributed by atoms with Gasteiger partial charge in [0.2, 0.25) is 0 Å². The molecule has 0 spiro atoms. The first-order valence-electron chi connectivity index (χ1n) is 5.35. The van der Waals surface area contributed by atoms with Crippen molar-refractivity contribution in [3.63, 3.8) is 0 Å². The van der Waals surface area contributed by atoms with Gasteiger partial charge in [-0.05, 0) is 25.2 Å². The summed E-state index contributed by atoms with van der Waals surface area (Å²) in [4.78, 5) is 1.09. The molecule has 0 unspecified atom stereocenters. The SMILES string of the molecule is CC.CCS/C(C)=C(N)/C=C(/C#N)CC. The summed E-state index contributed by atoms with van der Waals surface area (Å²) in [6.07, 6.45) is 2.50. The van der Waals surface area contributed by atoms with Gasteiger partial charge in [-0.25, -0.2) is 0 Å². The number of allylic oxidation sites excluding steroid dienone is 3. The molecule has 0 aromatic heterocycles. The summed E-state index contributed by atoms with van der Waals surface area (Å²) >= 11 is 1.70. The predicted octanol–water partition coefficient (Wildman–Crippen LogP) is 3.82. The van der Waals surface area contributed by atoms with Crippen molar-refractivity contribution in [1.82, 2.24) is 0 Å². The Labute approximate surface area is 98.2 Å². The van der Waals surface area contributed by atoms with Crippen LogP contribution in [0.3, 0.4) is 0 Å². The van der Waals surface area contributed by atoms with Gasteiger partial charge in [0.05, 0.1) is 6.07 Å². The van der Waals surface area contributed by atoms with E-state index >= 15 is 0 Å². The number of nitriles is 1. The van der Waals surface area contributed by atoms with Crippen molar-refractivity contribution in [2.75, 3.05) is 5.75 Å². The molecule has 0 rings (SSSR count). The van der Waals surface area contributed by atoms with Crippen LogP contribution in [0.15, 0.2) is 22.3 Å². The van der Waals surface area contributed by atoms with Gasteiger partial charge < -0.3 is 5.73 Å². The summed E-state index contributed by atoms with van der Waals surface area (Å²) in [6.45, 7) is 10.0. The molecule has 0 bridgehead atoms. The average Bonchev–Trinajstić information content (AvgIpc) is 2.28. The molecule has 0 radical (unpaired) electrons. The zero-order chi connectivity index (χ0) is 12.3. The van der Waals surface area contributed by atoms with Gasteiger partial charge in [-0.1, -0.05) is 27.7 Å². The maximum absolute atomic E-state index is 8.68. The Hall–Kier alpha value is -0.880. The van der Waals surface area contributed by atoms with Gasteiger partial charge in [-0.2, -0.15) is 5.26 Å². The van der Waals surface area contributed by atoms with Crippen LogP contribution in [0.4, 0.5) is 0 Å². The molecule has 3 heteroatoms. The minimum atomic E-state index is 0.713. The van der Waals surface area contributed by atoms with E-state index in [2.05, 4.69) is 13.0 Å². The van der Waals surface area contributed by atoms with Crippen molar-refractivity contribution in [1.29, 1.82) is 5.26 Å². The lowest BCUT2D eigenvalue weighted by molar-refractivity contribution is 1.14. The van der Waals surface area contributed by atoms with E-state index in [0.717, 1.165) is 22.7 Å². The van der Waals surface area contributed by atoms with E-state index < -0.39 is 0 Å². The van der Waals surface area contributed by atoms with Crippen LogP contribution in [-0.4, -0.2) is 5.75 Å². The van der Waals surface area contributed by atoms with Crippen LogP contribution in [0.2, 0.25) is 0 Å². The normalized spacial score (nSPS) is 12.1. The molecule has 0 saturated heterocycles. The molecule has 0 heterocycles. The highest BCUT2D eigenvalue weighted by atomic mass is 32.2. The minimum absolute atomic E-state index is 0.713. The van der Waals surface area contributed by atoms with Crippen molar-refractivity contribution < 1.29 is 0 Å². The Morgan fingerprint density at radius 2 is 1.93 bits per heavy atom. The summed E-state index contributed by atoms with van der Waals surface area (Å²) in [5.74, 6) is 1.01. The van der Waals surface area contributed by atoms with Gasteiger partial charge in [0.15, 0.2) is 0 Å². The molecule has 0 aromatic rings. The van der Waals surface area contributed by atoms with Gasteiger partial charge in [-0.3, -0.25) is 0 Å². The third-order valence-corrected chi connectivity index (χ3v) is 2.58. The maximum atomic E-state index is 8.68. The third kappa shape index (κ3) is 8.14. The Morgan fingerprint density at radius 1 is 1.40 bits per heavy atom. The Morgan fingerprint density at radius 3 is 2.27 bits per heavy atom. The molecule has 0 saturated carbocycles. The number of nitrogens with zero attached hydrogens (tertiary/aromatic N) is 1. The molecule has 86 valence electrons. The summed E-state index contributed by atoms with van der Waals surface area (Å²) in [5.41, 5.74) is 7.23. The second kappa shape index (κ2) is 11.2. The summed E-state index contributed by atoms with van der Waals surface area (Å²) in [5, 5.41) is 8.68. The van der Waals surface area contributed by atoms with Gasteiger partial charge in [-0.15, -0.1) is 11.8 Å². The molecule has 0 atom stereocenters. The standard InChI is InChI=1S/C10H16N2S.C2H6/c1-4-9(7-11)6-10(12)8(3)13-5-2;1-2/h6H,4-5,12H2,1-3H3;1-2H3/b9-6+,10-8-;. The fraction of sp³-hybridized carbons (Fsp3) is 0.583. The number of nitrogens with two attached hydrogens (primary N) is 1. The van der Waals surface area contributed by atoms with Crippen LogP contribution in [0, 0.1) is 11.3 Å². The quantitative estimate of drug-likeness (QED) is 0.585. The van der Waals surface area contributed by atoms with E-state index in [0.29, 0.717) is 5.70 Å². The van der Waals surface area contributed by atoms with E-state index in [1.165, 1.54) is 0 Å². The van der Waals surface area contributed by atoms with E-state index in [9.17, 15) is 0 Å². The van der Waals surface area contributed by atoms with E-state index in [4.69, 9.17) is 11.0 Å². The lowest BCUT2D eigenvalue weighted by Crippen LogP contribution is -1.97. The first kappa shape index (κ1) is 16.5. The molecule has 0 aromatic carbocycles. The molecule has 0 aliphatic rings. The minimum Gasteiger partial charge on any atom is -0.398 e. The van der Waals surface area contributed by atoms with Crippen LogP contribution in [0.1, 0.15) is 41.0 Å². The molecular formula is C12H22N2S. The highest BCUT2D eigenvalue weighted by Gasteiger charge is 1.96. The summed E-state index contributed by atoms with van der Waals surface area (Å²) in [6, 6.07) is 2.12. The van der Waals surface area contributed by atoms with E-state index in [1.54, 1.807) is 17.8 Å². The predicted molar refractivity (Wildman–Crippen MR) is 70.4 cm³/mol. The second-order valence-corrected chi connectivity index (χ2v) is 4.06. The number of hydrogen-bond donors (Lipinski definition) is 1. The number of rotatable bonds is 4. The molecular weight excluding hydrogens is 204 g/mol. The Bertz CT molecular complexity index is 259. The van der Waals surface area contributed by atoms with Gasteiger partial charge in [0.25, 0.3) is 0 Å². The largest absolute Gasteiger partial charge is 0.398 e. The summed E-state index contributed by atoms with van der Waals surface area (Å²) < 4.78 is 0. The van der Waals surface area contributed by atoms with Gasteiger partial charge >= 0.3 is 0 Å². The van der Waals surface area contributed by atoms with Crippen LogP contribution in [0.5, 0.6) is 0 Å². The van der Waals surface area contributed by atoms with Crippen molar-refractivity contribution in [3.05, 3.63) is 22.3 Å². The van der Waals surface area contributed by atoms with Crippen molar-refractivity contribution in [3.8, 4) is 6.07 Å². The second-order valence-electron chi connectivity index (χ2n) is 2.58. The molecule has 0 aliphatic carbocycles. The fourth-order valence-electron chi connectivity index (χ4n) is 0.803. The maximum Gasteiger partial charge on any atom is 0.0947 e. The van der Waals surface area contributed by atoms with Crippen molar-refractivity contribution in [2.45, 2.75) is 41.0 Å². The molecule has 0 aliphatic heterocycles. The molecule has 2 N–H and O–H groups in total. The molecule has 2 nitrogen and oxygen atoms in total. The topological polar surface area (TPSA) is 49.8 Å². The number of thioether (sulfide) groups is 1. The van der Waals surface area contributed by atoms with E-state index in [-0.39, 0.29) is 0 Å².